The van der Waals surface area contributed by atoms with Crippen LogP contribution in [-0.2, 0) is 19.1 Å². The Hall–Kier alpha value is -1.88. The molecule has 1 atom stereocenters. The molecule has 1 aromatic carbocycles. The van der Waals surface area contributed by atoms with Crippen molar-refractivity contribution in [2.24, 2.45) is 5.92 Å². The molecular weight excluding hydrogens is 301 g/mol. The Balaban J connectivity index is 1.54. The molecule has 122 valence electrons. The highest BCUT2D eigenvalue weighted by Gasteiger charge is 2.30. The van der Waals surface area contributed by atoms with Crippen LogP contribution in [0, 0.1) is 5.92 Å². The summed E-state index contributed by atoms with van der Waals surface area (Å²) in [6.07, 6.45) is 1.54. The zero-order valence-corrected chi connectivity index (χ0v) is 12.8. The average Bonchev–Trinajstić information content (AvgIpc) is 2.95. The van der Waals surface area contributed by atoms with Gasteiger partial charge in [-0.05, 0) is 54.6 Å². The van der Waals surface area contributed by atoms with E-state index in [1.54, 1.807) is 18.3 Å². The minimum absolute atomic E-state index is 0.586. The lowest BCUT2D eigenvalue weighted by atomic mass is 10.00. The summed E-state index contributed by atoms with van der Waals surface area (Å²) in [6, 6.07) is 9.53. The van der Waals surface area contributed by atoms with Crippen LogP contribution < -0.4 is 0 Å². The van der Waals surface area contributed by atoms with Crippen LogP contribution >= 0.6 is 0 Å². The summed E-state index contributed by atoms with van der Waals surface area (Å²) in [5, 5.41) is 0. The van der Waals surface area contributed by atoms with Crippen molar-refractivity contribution in [1.82, 2.24) is 9.88 Å². The molecule has 3 rings (SSSR count). The molecule has 0 aliphatic carbocycles. The van der Waals surface area contributed by atoms with Gasteiger partial charge in [-0.25, -0.2) is 0 Å². The summed E-state index contributed by atoms with van der Waals surface area (Å²) >= 11 is 0. The molecule has 1 saturated heterocycles. The van der Waals surface area contributed by atoms with Gasteiger partial charge in [0.25, 0.3) is 0 Å². The fourth-order valence-electron chi connectivity index (χ4n) is 3.13. The van der Waals surface area contributed by atoms with Gasteiger partial charge in [0, 0.05) is 25.5 Å². The van der Waals surface area contributed by atoms with Crippen molar-refractivity contribution in [3.05, 3.63) is 65.5 Å². The molecule has 1 fully saturated rings. The smallest absolute Gasteiger partial charge is 0.299 e. The lowest BCUT2D eigenvalue weighted by molar-refractivity contribution is -0.137. The Morgan fingerprint density at radius 1 is 1.09 bits per heavy atom. The van der Waals surface area contributed by atoms with Crippen LogP contribution in [0.1, 0.15) is 23.1 Å². The molecule has 0 N–H and O–H groups in total. The van der Waals surface area contributed by atoms with Gasteiger partial charge >= 0.3 is 6.18 Å². The van der Waals surface area contributed by atoms with Crippen LogP contribution in [0.4, 0.5) is 13.2 Å². The number of nitrogens with zero attached hydrogens (tertiary/aromatic N) is 2. The van der Waals surface area contributed by atoms with Crippen molar-refractivity contribution in [3.8, 4) is 0 Å². The van der Waals surface area contributed by atoms with Gasteiger partial charge < -0.3 is 0 Å². The number of halogens is 3. The predicted octanol–water partition coefficient (Wildman–Crippen LogP) is 4.17. The van der Waals surface area contributed by atoms with Gasteiger partial charge in [-0.1, -0.05) is 18.2 Å². The SMILES string of the molecule is FC(F)(F)c1ccc(CN2CCC(Cc3cccnc3)C2)cc1. The topological polar surface area (TPSA) is 16.1 Å². The van der Waals surface area contributed by atoms with Gasteiger partial charge in [0.1, 0.15) is 0 Å². The van der Waals surface area contributed by atoms with E-state index in [9.17, 15) is 13.2 Å². The van der Waals surface area contributed by atoms with Gasteiger partial charge in [-0.15, -0.1) is 0 Å². The van der Waals surface area contributed by atoms with Crippen molar-refractivity contribution in [1.29, 1.82) is 0 Å². The second-order valence-electron chi connectivity index (χ2n) is 6.15. The first kappa shape index (κ1) is 16.0. The molecule has 2 aromatic rings. The summed E-state index contributed by atoms with van der Waals surface area (Å²) in [7, 11) is 0. The van der Waals surface area contributed by atoms with Crippen LogP contribution in [0.3, 0.4) is 0 Å². The zero-order valence-electron chi connectivity index (χ0n) is 12.8. The van der Waals surface area contributed by atoms with E-state index in [1.165, 1.54) is 17.7 Å². The van der Waals surface area contributed by atoms with Crippen molar-refractivity contribution < 1.29 is 13.2 Å². The molecule has 1 unspecified atom stereocenters. The minimum Gasteiger partial charge on any atom is -0.299 e. The molecule has 1 aromatic heterocycles. The summed E-state index contributed by atoms with van der Waals surface area (Å²) < 4.78 is 37.7. The van der Waals surface area contributed by atoms with Gasteiger partial charge in [0.15, 0.2) is 0 Å². The summed E-state index contributed by atoms with van der Waals surface area (Å²) in [4.78, 5) is 6.45. The maximum absolute atomic E-state index is 12.6. The Kier molecular flexibility index (Phi) is 4.66. The highest BCUT2D eigenvalue weighted by atomic mass is 19.4. The maximum atomic E-state index is 12.6. The molecule has 0 saturated carbocycles. The molecule has 0 spiro atoms. The van der Waals surface area contributed by atoms with E-state index in [0.29, 0.717) is 12.5 Å². The molecule has 5 heteroatoms. The summed E-state index contributed by atoms with van der Waals surface area (Å²) in [5.74, 6) is 0.591. The number of hydrogen-bond acceptors (Lipinski definition) is 2. The molecule has 1 aliphatic rings. The molecule has 1 aliphatic heterocycles. The molecule has 0 amide bonds. The van der Waals surface area contributed by atoms with Crippen molar-refractivity contribution in [2.75, 3.05) is 13.1 Å². The van der Waals surface area contributed by atoms with Crippen LogP contribution in [0.2, 0.25) is 0 Å². The standard InChI is InChI=1S/C18H19F3N2/c19-18(20,21)17-5-3-14(4-6-17)12-23-9-7-16(13-23)10-15-2-1-8-22-11-15/h1-6,8,11,16H,7,9-10,12-13H2. The van der Waals surface area contributed by atoms with Crippen molar-refractivity contribution in [2.45, 2.75) is 25.6 Å². The van der Waals surface area contributed by atoms with E-state index < -0.39 is 11.7 Å². The number of benzene rings is 1. The third kappa shape index (κ3) is 4.32. The third-order valence-electron chi connectivity index (χ3n) is 4.30. The van der Waals surface area contributed by atoms with E-state index in [0.717, 1.165) is 31.5 Å². The second-order valence-corrected chi connectivity index (χ2v) is 6.15. The Bertz CT molecular complexity index is 623. The van der Waals surface area contributed by atoms with Crippen molar-refractivity contribution in [3.63, 3.8) is 0 Å². The maximum Gasteiger partial charge on any atom is 0.416 e. The Labute approximate surface area is 134 Å². The highest BCUT2D eigenvalue weighted by molar-refractivity contribution is 5.24. The predicted molar refractivity (Wildman–Crippen MR) is 82.8 cm³/mol. The molecule has 0 radical (unpaired) electrons. The highest BCUT2D eigenvalue weighted by Crippen LogP contribution is 2.29. The second kappa shape index (κ2) is 6.71. The molecule has 2 heterocycles. The first-order chi connectivity index (χ1) is 11.0. The van der Waals surface area contributed by atoms with Gasteiger partial charge in [0.05, 0.1) is 5.56 Å². The van der Waals surface area contributed by atoms with E-state index in [2.05, 4.69) is 16.0 Å². The number of hydrogen-bond donors (Lipinski definition) is 0. The van der Waals surface area contributed by atoms with Crippen LogP contribution in [0.25, 0.3) is 0 Å². The molecular formula is C18H19F3N2. The van der Waals surface area contributed by atoms with E-state index in [4.69, 9.17) is 0 Å². The monoisotopic (exact) mass is 320 g/mol. The lowest BCUT2D eigenvalue weighted by Crippen LogP contribution is -2.20. The van der Waals surface area contributed by atoms with Gasteiger partial charge in [-0.2, -0.15) is 13.2 Å². The fourth-order valence-corrected chi connectivity index (χ4v) is 3.13. The van der Waals surface area contributed by atoms with E-state index in [1.807, 2.05) is 12.3 Å². The zero-order chi connectivity index (χ0) is 16.3. The average molecular weight is 320 g/mol. The number of alkyl halides is 3. The third-order valence-corrected chi connectivity index (χ3v) is 4.30. The normalized spacial score (nSPS) is 19.2. The minimum atomic E-state index is -4.26. The first-order valence-electron chi connectivity index (χ1n) is 7.78. The summed E-state index contributed by atoms with van der Waals surface area (Å²) in [6.45, 7) is 2.68. The Morgan fingerprint density at radius 3 is 2.52 bits per heavy atom. The molecule has 2 nitrogen and oxygen atoms in total. The fraction of sp³-hybridized carbons (Fsp3) is 0.389. The Morgan fingerprint density at radius 2 is 1.87 bits per heavy atom. The quantitative estimate of drug-likeness (QED) is 0.841. The lowest BCUT2D eigenvalue weighted by Gasteiger charge is -2.16. The number of pyridine rings is 1. The van der Waals surface area contributed by atoms with Crippen LogP contribution in [0.15, 0.2) is 48.8 Å². The number of likely N-dealkylation sites (tertiary alicyclic amines) is 1. The van der Waals surface area contributed by atoms with Crippen LogP contribution in [-0.4, -0.2) is 23.0 Å². The summed E-state index contributed by atoms with van der Waals surface area (Å²) in [5.41, 5.74) is 1.59. The number of rotatable bonds is 4. The van der Waals surface area contributed by atoms with Gasteiger partial charge in [-0.3, -0.25) is 9.88 Å². The number of aromatic nitrogens is 1. The first-order valence-corrected chi connectivity index (χ1v) is 7.78. The largest absolute Gasteiger partial charge is 0.416 e. The molecule has 23 heavy (non-hydrogen) atoms. The van der Waals surface area contributed by atoms with Crippen molar-refractivity contribution >= 4 is 0 Å². The van der Waals surface area contributed by atoms with Gasteiger partial charge in [0.2, 0.25) is 0 Å². The van der Waals surface area contributed by atoms with E-state index >= 15 is 0 Å². The molecule has 0 bridgehead atoms. The van der Waals surface area contributed by atoms with Crippen LogP contribution in [0.5, 0.6) is 0 Å². The van der Waals surface area contributed by atoms with E-state index in [-0.39, 0.29) is 0 Å².